The third-order valence-corrected chi connectivity index (χ3v) is 3.22. The summed E-state index contributed by atoms with van der Waals surface area (Å²) in [6, 6.07) is 12.3. The number of carbonyl (C=O) groups excluding carboxylic acids is 2. The van der Waals surface area contributed by atoms with Crippen LogP contribution in [0.5, 0.6) is 0 Å². The second-order valence-corrected chi connectivity index (χ2v) is 4.85. The molecule has 0 fully saturated rings. The molecule has 24 heavy (non-hydrogen) atoms. The van der Waals surface area contributed by atoms with Crippen LogP contribution in [0.3, 0.4) is 0 Å². The number of hydrogen-bond donors (Lipinski definition) is 1. The molecular weight excluding hydrogens is 313 g/mol. The van der Waals surface area contributed by atoms with Gasteiger partial charge in [-0.3, -0.25) is 0 Å². The standard InChI is InChI=1S/C18H16FNO4/c1-23-17(21)13(10-12-6-2-4-8-15(12)19)11-24-18(22)14-7-3-5-9-16(14)20/h2-10H,11,20H2,1H3/b13-10+. The van der Waals surface area contributed by atoms with Gasteiger partial charge in [0.25, 0.3) is 0 Å². The van der Waals surface area contributed by atoms with Crippen LogP contribution in [-0.2, 0) is 14.3 Å². The highest BCUT2D eigenvalue weighted by Gasteiger charge is 2.16. The van der Waals surface area contributed by atoms with E-state index >= 15 is 0 Å². The normalized spacial score (nSPS) is 11.0. The van der Waals surface area contributed by atoms with Crippen molar-refractivity contribution < 1.29 is 23.5 Å². The van der Waals surface area contributed by atoms with Crippen molar-refractivity contribution in [3.8, 4) is 0 Å². The lowest BCUT2D eigenvalue weighted by Crippen LogP contribution is -2.15. The largest absolute Gasteiger partial charge is 0.466 e. The molecule has 5 nitrogen and oxygen atoms in total. The van der Waals surface area contributed by atoms with Crippen LogP contribution in [-0.4, -0.2) is 25.7 Å². The van der Waals surface area contributed by atoms with Gasteiger partial charge in [0.1, 0.15) is 12.4 Å². The lowest BCUT2D eigenvalue weighted by atomic mass is 10.1. The molecule has 2 aromatic rings. The molecular formula is C18H16FNO4. The molecule has 124 valence electrons. The smallest absolute Gasteiger partial charge is 0.340 e. The Labute approximate surface area is 138 Å². The first kappa shape index (κ1) is 17.2. The minimum absolute atomic E-state index is 0.00505. The summed E-state index contributed by atoms with van der Waals surface area (Å²) in [5.74, 6) is -1.90. The third-order valence-electron chi connectivity index (χ3n) is 3.22. The SMILES string of the molecule is COC(=O)/C(=C/c1ccccc1F)COC(=O)c1ccccc1N. The average molecular weight is 329 g/mol. The van der Waals surface area contributed by atoms with E-state index in [4.69, 9.17) is 10.5 Å². The number of para-hydroxylation sites is 1. The van der Waals surface area contributed by atoms with Gasteiger partial charge in [0.15, 0.2) is 0 Å². The summed E-state index contributed by atoms with van der Waals surface area (Å²) in [7, 11) is 1.19. The molecule has 0 saturated carbocycles. The fraction of sp³-hybridized carbons (Fsp3) is 0.111. The highest BCUT2D eigenvalue weighted by atomic mass is 19.1. The highest BCUT2D eigenvalue weighted by Crippen LogP contribution is 2.15. The van der Waals surface area contributed by atoms with Crippen molar-refractivity contribution in [2.24, 2.45) is 0 Å². The number of nitrogen functional groups attached to an aromatic ring is 1. The second kappa shape index (κ2) is 7.92. The van der Waals surface area contributed by atoms with Gasteiger partial charge in [-0.1, -0.05) is 30.3 Å². The van der Waals surface area contributed by atoms with Gasteiger partial charge in [0.05, 0.1) is 18.2 Å². The summed E-state index contributed by atoms with van der Waals surface area (Å²) in [5, 5.41) is 0. The molecule has 0 aliphatic heterocycles. The molecule has 2 N–H and O–H groups in total. The molecule has 0 heterocycles. The summed E-state index contributed by atoms with van der Waals surface area (Å²) in [4.78, 5) is 23.9. The van der Waals surface area contributed by atoms with Crippen molar-refractivity contribution in [1.82, 2.24) is 0 Å². The van der Waals surface area contributed by atoms with Crippen LogP contribution in [0.1, 0.15) is 15.9 Å². The third kappa shape index (κ3) is 4.19. The Hall–Kier alpha value is -3.15. The molecule has 0 atom stereocenters. The Balaban J connectivity index is 2.19. The first-order valence-corrected chi connectivity index (χ1v) is 7.08. The topological polar surface area (TPSA) is 78.6 Å². The van der Waals surface area contributed by atoms with Crippen LogP contribution < -0.4 is 5.73 Å². The van der Waals surface area contributed by atoms with E-state index in [0.717, 1.165) is 0 Å². The number of ether oxygens (including phenoxy) is 2. The summed E-state index contributed by atoms with van der Waals surface area (Å²) in [5.41, 5.74) is 6.35. The predicted octanol–water partition coefficient (Wildman–Crippen LogP) is 2.82. The van der Waals surface area contributed by atoms with E-state index in [-0.39, 0.29) is 29.0 Å². The van der Waals surface area contributed by atoms with Gasteiger partial charge in [-0.05, 0) is 24.3 Å². The zero-order valence-corrected chi connectivity index (χ0v) is 13.0. The molecule has 0 amide bonds. The number of benzene rings is 2. The predicted molar refractivity (Wildman–Crippen MR) is 87.5 cm³/mol. The Morgan fingerprint density at radius 2 is 1.79 bits per heavy atom. The number of methoxy groups -OCH3 is 1. The maximum atomic E-state index is 13.7. The molecule has 0 aromatic heterocycles. The van der Waals surface area contributed by atoms with Crippen molar-refractivity contribution in [2.75, 3.05) is 19.5 Å². The van der Waals surface area contributed by atoms with Gasteiger partial charge in [-0.2, -0.15) is 0 Å². The number of anilines is 1. The summed E-state index contributed by atoms with van der Waals surface area (Å²) in [6.07, 6.45) is 1.28. The van der Waals surface area contributed by atoms with Crippen LogP contribution in [0.4, 0.5) is 10.1 Å². The first-order chi connectivity index (χ1) is 11.5. The lowest BCUT2D eigenvalue weighted by Gasteiger charge is -2.09. The molecule has 6 heteroatoms. The average Bonchev–Trinajstić information content (AvgIpc) is 2.59. The first-order valence-electron chi connectivity index (χ1n) is 7.08. The number of esters is 2. The van der Waals surface area contributed by atoms with Gasteiger partial charge in [-0.15, -0.1) is 0 Å². The minimum Gasteiger partial charge on any atom is -0.466 e. The van der Waals surface area contributed by atoms with Crippen LogP contribution in [0.15, 0.2) is 54.1 Å². The molecule has 0 saturated heterocycles. The van der Waals surface area contributed by atoms with E-state index < -0.39 is 17.8 Å². The van der Waals surface area contributed by atoms with E-state index in [0.29, 0.717) is 0 Å². The quantitative estimate of drug-likeness (QED) is 0.518. The van der Waals surface area contributed by atoms with E-state index in [1.165, 1.54) is 37.5 Å². The van der Waals surface area contributed by atoms with Gasteiger partial charge < -0.3 is 15.2 Å². The molecule has 2 rings (SSSR count). The monoisotopic (exact) mass is 329 g/mol. The number of nitrogens with two attached hydrogens (primary N) is 1. The Bertz CT molecular complexity index is 786. The molecule has 0 spiro atoms. The van der Waals surface area contributed by atoms with E-state index in [1.807, 2.05) is 0 Å². The molecule has 0 aliphatic carbocycles. The molecule has 0 unspecified atom stereocenters. The van der Waals surface area contributed by atoms with Crippen molar-refractivity contribution in [3.05, 3.63) is 71.0 Å². The maximum absolute atomic E-state index is 13.7. The van der Waals surface area contributed by atoms with Crippen molar-refractivity contribution in [3.63, 3.8) is 0 Å². The fourth-order valence-electron chi connectivity index (χ4n) is 1.97. The zero-order valence-electron chi connectivity index (χ0n) is 13.0. The van der Waals surface area contributed by atoms with Gasteiger partial charge in [-0.25, -0.2) is 14.0 Å². The summed E-state index contributed by atoms with van der Waals surface area (Å²) in [6.45, 7) is -0.367. The van der Waals surface area contributed by atoms with E-state index in [1.54, 1.807) is 24.3 Å². The van der Waals surface area contributed by atoms with E-state index in [9.17, 15) is 14.0 Å². The second-order valence-electron chi connectivity index (χ2n) is 4.85. The number of rotatable bonds is 5. The Morgan fingerprint density at radius 3 is 2.46 bits per heavy atom. The van der Waals surface area contributed by atoms with Gasteiger partial charge >= 0.3 is 11.9 Å². The summed E-state index contributed by atoms with van der Waals surface area (Å²) >= 11 is 0. The van der Waals surface area contributed by atoms with E-state index in [2.05, 4.69) is 4.74 Å². The fourth-order valence-corrected chi connectivity index (χ4v) is 1.97. The van der Waals surface area contributed by atoms with Crippen LogP contribution in [0, 0.1) is 5.82 Å². The minimum atomic E-state index is -0.716. The molecule has 0 radical (unpaired) electrons. The van der Waals surface area contributed by atoms with Gasteiger partial charge in [0.2, 0.25) is 0 Å². The molecule has 2 aromatic carbocycles. The maximum Gasteiger partial charge on any atom is 0.340 e. The molecule has 0 aliphatic rings. The lowest BCUT2D eigenvalue weighted by molar-refractivity contribution is -0.136. The zero-order chi connectivity index (χ0) is 17.5. The Morgan fingerprint density at radius 1 is 1.12 bits per heavy atom. The van der Waals surface area contributed by atoms with Crippen molar-refractivity contribution in [1.29, 1.82) is 0 Å². The highest BCUT2D eigenvalue weighted by molar-refractivity contribution is 5.97. The Kier molecular flexibility index (Phi) is 5.68. The number of halogens is 1. The van der Waals surface area contributed by atoms with Crippen LogP contribution in [0.2, 0.25) is 0 Å². The summed E-state index contributed by atoms with van der Waals surface area (Å²) < 4.78 is 23.4. The van der Waals surface area contributed by atoms with Crippen LogP contribution in [0.25, 0.3) is 6.08 Å². The van der Waals surface area contributed by atoms with Gasteiger partial charge in [0, 0.05) is 11.3 Å². The van der Waals surface area contributed by atoms with Crippen molar-refractivity contribution >= 4 is 23.7 Å². The number of carbonyl (C=O) groups is 2. The number of hydrogen-bond acceptors (Lipinski definition) is 5. The van der Waals surface area contributed by atoms with Crippen LogP contribution >= 0.6 is 0 Å². The van der Waals surface area contributed by atoms with Crippen molar-refractivity contribution in [2.45, 2.75) is 0 Å². The molecule has 0 bridgehead atoms.